The first kappa shape index (κ1) is 26.6. The minimum atomic E-state index is -4.60. The molecule has 0 bridgehead atoms. The third-order valence-corrected chi connectivity index (χ3v) is 5.59. The zero-order valence-corrected chi connectivity index (χ0v) is 19.6. The van der Waals surface area contributed by atoms with Crippen molar-refractivity contribution in [2.45, 2.75) is 52.2 Å². The van der Waals surface area contributed by atoms with Gasteiger partial charge >= 0.3 is 6.36 Å². The molecule has 0 radical (unpaired) electrons. The van der Waals surface area contributed by atoms with E-state index in [4.69, 9.17) is 5.73 Å². The molecule has 1 aliphatic heterocycles. The van der Waals surface area contributed by atoms with Crippen LogP contribution in [0.3, 0.4) is 0 Å². The highest BCUT2D eigenvalue weighted by atomic mass is 32.2. The maximum atomic E-state index is 11.8. The number of alkyl halides is 3. The zero-order chi connectivity index (χ0) is 24.6. The summed E-state index contributed by atoms with van der Waals surface area (Å²) >= 11 is 1.47. The molecule has 2 atom stereocenters. The Hall–Kier alpha value is -2.62. The normalized spacial score (nSPS) is 16.7. The molecule has 0 aromatic heterocycles. The predicted octanol–water partition coefficient (Wildman–Crippen LogP) is 5.99. The number of aliphatic hydroxyl groups is 1. The van der Waals surface area contributed by atoms with E-state index in [2.05, 4.69) is 21.3 Å². The number of hydrogen-bond donors (Lipinski definition) is 2. The van der Waals surface area contributed by atoms with E-state index in [1.165, 1.54) is 23.9 Å². The van der Waals surface area contributed by atoms with Gasteiger partial charge in [-0.2, -0.15) is 0 Å². The minimum Gasteiger partial charge on any atom is -0.406 e. The summed E-state index contributed by atoms with van der Waals surface area (Å²) in [6, 6.07) is 13.7. The Morgan fingerprint density at radius 2 is 1.88 bits per heavy atom. The van der Waals surface area contributed by atoms with Crippen LogP contribution in [0.25, 0.3) is 0 Å². The van der Waals surface area contributed by atoms with E-state index in [1.807, 2.05) is 38.1 Å². The second-order valence-corrected chi connectivity index (χ2v) is 8.20. The number of ether oxygens (including phenoxy) is 1. The lowest BCUT2D eigenvalue weighted by molar-refractivity contribution is -0.274. The smallest absolute Gasteiger partial charge is 0.406 e. The Morgan fingerprint density at radius 3 is 2.48 bits per heavy atom. The highest BCUT2D eigenvalue weighted by Crippen LogP contribution is 2.29. The monoisotopic (exact) mass is 479 g/mol. The molecule has 1 aliphatic rings. The van der Waals surface area contributed by atoms with Crippen molar-refractivity contribution in [3.05, 3.63) is 77.5 Å². The number of halogens is 3. The van der Waals surface area contributed by atoms with Gasteiger partial charge in [0, 0.05) is 5.56 Å². The van der Waals surface area contributed by atoms with Crippen LogP contribution < -0.4 is 10.5 Å². The molecule has 0 amide bonds. The topological polar surface area (TPSA) is 80.2 Å². The number of aliphatic hydroxyl groups excluding tert-OH is 1. The number of benzene rings is 2. The van der Waals surface area contributed by atoms with Crippen molar-refractivity contribution in [3.63, 3.8) is 0 Å². The number of nitrogens with two attached hydrogens (primary N) is 1. The lowest BCUT2D eigenvalue weighted by Gasteiger charge is -2.09. The second-order valence-electron chi connectivity index (χ2n) is 7.23. The first-order valence-corrected chi connectivity index (χ1v) is 11.3. The molecular formula is C24H28F3N3O2S. The number of thioether (sulfide) groups is 1. The Morgan fingerprint density at radius 1 is 1.18 bits per heavy atom. The van der Waals surface area contributed by atoms with Crippen molar-refractivity contribution < 1.29 is 23.0 Å². The third-order valence-electron chi connectivity index (χ3n) is 4.53. The Balaban J connectivity index is 0.000000257. The molecule has 2 unspecified atom stereocenters. The van der Waals surface area contributed by atoms with Crippen LogP contribution in [0, 0.1) is 0 Å². The van der Waals surface area contributed by atoms with Crippen molar-refractivity contribution in [2.75, 3.05) is 0 Å². The van der Waals surface area contributed by atoms with Crippen LogP contribution in [0.4, 0.5) is 13.2 Å². The molecule has 0 saturated heterocycles. The number of aliphatic imine (C=N–C) groups is 2. The fourth-order valence-corrected chi connectivity index (χ4v) is 3.64. The van der Waals surface area contributed by atoms with Crippen molar-refractivity contribution in [2.24, 2.45) is 15.7 Å². The Labute approximate surface area is 196 Å². The van der Waals surface area contributed by atoms with Crippen LogP contribution in [0.5, 0.6) is 5.75 Å². The molecule has 3 rings (SSSR count). The molecule has 9 heteroatoms. The molecular weight excluding hydrogens is 451 g/mol. The van der Waals surface area contributed by atoms with Gasteiger partial charge in [0.2, 0.25) is 0 Å². The van der Waals surface area contributed by atoms with E-state index in [1.54, 1.807) is 19.1 Å². The largest absolute Gasteiger partial charge is 0.573 e. The molecule has 5 nitrogen and oxygen atoms in total. The molecule has 0 spiro atoms. The van der Waals surface area contributed by atoms with Crippen molar-refractivity contribution in [1.29, 1.82) is 0 Å². The van der Waals surface area contributed by atoms with Crippen molar-refractivity contribution >= 4 is 21.8 Å². The molecule has 0 fully saturated rings. The molecule has 2 aromatic rings. The van der Waals surface area contributed by atoms with Crippen LogP contribution in [-0.4, -0.2) is 27.7 Å². The second kappa shape index (κ2) is 12.0. The van der Waals surface area contributed by atoms with E-state index in [9.17, 15) is 18.3 Å². The first-order chi connectivity index (χ1) is 15.5. The average molecular weight is 480 g/mol. The summed E-state index contributed by atoms with van der Waals surface area (Å²) in [4.78, 5) is 8.85. The molecule has 0 aliphatic carbocycles. The molecule has 0 saturated carbocycles. The van der Waals surface area contributed by atoms with Gasteiger partial charge in [0.25, 0.3) is 0 Å². The molecule has 3 N–H and O–H groups in total. The van der Waals surface area contributed by atoms with E-state index < -0.39 is 12.5 Å². The highest BCUT2D eigenvalue weighted by molar-refractivity contribution is 8.27. The fraction of sp³-hybridized carbons (Fsp3) is 0.333. The average Bonchev–Trinajstić information content (AvgIpc) is 3.13. The molecule has 1 heterocycles. The quantitative estimate of drug-likeness (QED) is 0.534. The lowest BCUT2D eigenvalue weighted by Crippen LogP contribution is -2.17. The maximum absolute atomic E-state index is 11.8. The number of hydrogen-bond acceptors (Lipinski definition) is 6. The maximum Gasteiger partial charge on any atom is 0.573 e. The summed E-state index contributed by atoms with van der Waals surface area (Å²) in [6.07, 6.45) is -3.84. The van der Waals surface area contributed by atoms with Gasteiger partial charge in [-0.05, 0) is 60.9 Å². The van der Waals surface area contributed by atoms with Crippen LogP contribution in [0.2, 0.25) is 0 Å². The van der Waals surface area contributed by atoms with E-state index in [0.717, 1.165) is 33.2 Å². The summed E-state index contributed by atoms with van der Waals surface area (Å²) in [5.41, 5.74) is 9.14. The Kier molecular flexibility index (Phi) is 9.70. The van der Waals surface area contributed by atoms with Crippen LogP contribution in [0.15, 0.2) is 70.8 Å². The molecule has 2 aromatic carbocycles. The van der Waals surface area contributed by atoms with Gasteiger partial charge in [0.15, 0.2) is 0 Å². The van der Waals surface area contributed by atoms with Crippen molar-refractivity contribution in [1.82, 2.24) is 0 Å². The summed E-state index contributed by atoms with van der Waals surface area (Å²) in [5.74, 6) is -0.160. The van der Waals surface area contributed by atoms with Gasteiger partial charge in [0.1, 0.15) is 15.8 Å². The summed E-state index contributed by atoms with van der Waals surface area (Å²) in [7, 11) is 0. The number of nitrogens with zero attached hydrogens (tertiary/aromatic N) is 2. The van der Waals surface area contributed by atoms with Crippen molar-refractivity contribution in [3.8, 4) is 5.75 Å². The zero-order valence-electron chi connectivity index (χ0n) is 18.8. The van der Waals surface area contributed by atoms with E-state index in [0.29, 0.717) is 12.1 Å². The fourth-order valence-electron chi connectivity index (χ4n) is 2.70. The summed E-state index contributed by atoms with van der Waals surface area (Å²) in [6.45, 7) is 9.52. The summed E-state index contributed by atoms with van der Waals surface area (Å²) in [5, 5.41) is 11.3. The van der Waals surface area contributed by atoms with Gasteiger partial charge in [-0.1, -0.05) is 50.8 Å². The number of aryl methyl sites for hydroxylation is 1. The highest BCUT2D eigenvalue weighted by Gasteiger charge is 2.31. The Bertz CT molecular complexity index is 1020. The lowest BCUT2D eigenvalue weighted by atomic mass is 10.1. The third kappa shape index (κ3) is 8.68. The van der Waals surface area contributed by atoms with E-state index >= 15 is 0 Å². The summed E-state index contributed by atoms with van der Waals surface area (Å²) < 4.78 is 39.0. The van der Waals surface area contributed by atoms with Gasteiger partial charge in [-0.3, -0.25) is 4.99 Å². The van der Waals surface area contributed by atoms with Crippen LogP contribution in [0.1, 0.15) is 50.0 Å². The van der Waals surface area contributed by atoms with Crippen LogP contribution in [-0.2, 0) is 6.42 Å². The van der Waals surface area contributed by atoms with Gasteiger partial charge in [-0.15, -0.1) is 13.2 Å². The minimum absolute atomic E-state index is 0.160. The van der Waals surface area contributed by atoms with Gasteiger partial charge in [0.05, 0.1) is 18.0 Å². The van der Waals surface area contributed by atoms with Gasteiger partial charge < -0.3 is 15.6 Å². The van der Waals surface area contributed by atoms with Gasteiger partial charge in [-0.25, -0.2) is 4.99 Å². The van der Waals surface area contributed by atoms with E-state index in [-0.39, 0.29) is 11.9 Å². The molecule has 178 valence electrons. The SMILES string of the molecule is C=C1N=C(c2cccc(C(C)O)c2)S/C1=N/C(N)CC.CCc1cccc(OC(F)(F)F)c1. The standard InChI is InChI=1S/C15H19N3OS.C9H9F3O/c1-4-13(16)18-14-9(2)17-15(20-14)12-7-5-6-11(8-12)10(3)19;1-2-7-4-3-5-8(6-7)13-9(10,11)12/h5-8,10,13,19H,2,4,16H2,1,3H3;3-6H,2H2,1H3/b18-14+;. The predicted molar refractivity (Wildman–Crippen MR) is 129 cm³/mol. The molecule has 33 heavy (non-hydrogen) atoms. The first-order valence-electron chi connectivity index (χ1n) is 10.4. The number of rotatable bonds is 6. The van der Waals surface area contributed by atoms with Crippen LogP contribution >= 0.6 is 11.8 Å².